The summed E-state index contributed by atoms with van der Waals surface area (Å²) >= 11 is 6.17. The van der Waals surface area contributed by atoms with Gasteiger partial charge in [-0.15, -0.1) is 0 Å². The Morgan fingerprint density at radius 3 is 2.56 bits per heavy atom. The lowest BCUT2D eigenvalue weighted by molar-refractivity contribution is -0.131. The Hall–Kier alpha value is -2.60. The van der Waals surface area contributed by atoms with E-state index in [1.54, 1.807) is 18.3 Å². The average Bonchev–Trinajstić information content (AvgIpc) is 3.11. The van der Waals surface area contributed by atoms with Crippen LogP contribution in [0.25, 0.3) is 10.9 Å². The van der Waals surface area contributed by atoms with Crippen LogP contribution >= 0.6 is 11.6 Å². The maximum Gasteiger partial charge on any atom is 0.224 e. The molecule has 2 heterocycles. The topological polar surface area (TPSA) is 41.4 Å². The summed E-state index contributed by atoms with van der Waals surface area (Å²) in [6.07, 6.45) is 2.14. The van der Waals surface area contributed by atoms with Crippen LogP contribution in [0, 0.1) is 5.82 Å². The SMILES string of the molecule is O=C(CCn1ncc2c(Cl)cccc21)N1CCN(c2ccc(F)cc2)CC1. The van der Waals surface area contributed by atoms with Gasteiger partial charge in [-0.2, -0.15) is 5.10 Å². The van der Waals surface area contributed by atoms with E-state index in [1.165, 1.54) is 12.1 Å². The number of rotatable bonds is 4. The lowest BCUT2D eigenvalue weighted by atomic mass is 10.2. The highest BCUT2D eigenvalue weighted by molar-refractivity contribution is 6.35. The number of nitrogens with zero attached hydrogens (tertiary/aromatic N) is 4. The molecule has 140 valence electrons. The maximum absolute atomic E-state index is 13.1. The summed E-state index contributed by atoms with van der Waals surface area (Å²) in [4.78, 5) is 16.6. The van der Waals surface area contributed by atoms with E-state index < -0.39 is 0 Å². The lowest BCUT2D eigenvalue weighted by Crippen LogP contribution is -2.49. The summed E-state index contributed by atoms with van der Waals surface area (Å²) in [7, 11) is 0. The second kappa shape index (κ2) is 7.56. The molecular weight excluding hydrogens is 367 g/mol. The van der Waals surface area contributed by atoms with Crippen LogP contribution in [0.15, 0.2) is 48.7 Å². The van der Waals surface area contributed by atoms with Crippen molar-refractivity contribution in [3.05, 3.63) is 59.5 Å². The van der Waals surface area contributed by atoms with E-state index >= 15 is 0 Å². The van der Waals surface area contributed by atoms with Crippen molar-refractivity contribution < 1.29 is 9.18 Å². The van der Waals surface area contributed by atoms with Gasteiger partial charge < -0.3 is 9.80 Å². The Bertz CT molecular complexity index is 948. The standard InChI is InChI=1S/C20H20ClFN4O/c21-18-2-1-3-19-17(18)14-23-26(19)9-8-20(27)25-12-10-24(11-13-25)16-6-4-15(22)5-7-16/h1-7,14H,8-13H2. The highest BCUT2D eigenvalue weighted by Crippen LogP contribution is 2.23. The summed E-state index contributed by atoms with van der Waals surface area (Å²) in [5.74, 6) is -0.112. The summed E-state index contributed by atoms with van der Waals surface area (Å²) in [5.41, 5.74) is 1.93. The molecule has 1 saturated heterocycles. The van der Waals surface area contributed by atoms with Gasteiger partial charge in [0.25, 0.3) is 0 Å². The van der Waals surface area contributed by atoms with E-state index in [0.29, 0.717) is 31.1 Å². The Kier molecular flexibility index (Phi) is 4.99. The molecule has 1 aliphatic rings. The predicted octanol–water partition coefficient (Wildman–Crippen LogP) is 3.57. The molecule has 0 spiro atoms. The molecule has 27 heavy (non-hydrogen) atoms. The van der Waals surface area contributed by atoms with Crippen molar-refractivity contribution in [2.45, 2.75) is 13.0 Å². The second-order valence-electron chi connectivity index (χ2n) is 6.63. The first-order valence-electron chi connectivity index (χ1n) is 9.00. The molecule has 7 heteroatoms. The Balaban J connectivity index is 1.33. The molecule has 1 aliphatic heterocycles. The zero-order chi connectivity index (χ0) is 18.8. The fraction of sp³-hybridized carbons (Fsp3) is 0.300. The van der Waals surface area contributed by atoms with Gasteiger partial charge in [0, 0.05) is 43.7 Å². The van der Waals surface area contributed by atoms with Crippen molar-refractivity contribution in [3.63, 3.8) is 0 Å². The Morgan fingerprint density at radius 1 is 1.07 bits per heavy atom. The Labute approximate surface area is 161 Å². The molecule has 1 fully saturated rings. The summed E-state index contributed by atoms with van der Waals surface area (Å²) in [5, 5.41) is 5.93. The molecule has 4 rings (SSSR count). The van der Waals surface area contributed by atoms with Gasteiger partial charge in [-0.3, -0.25) is 9.48 Å². The molecule has 0 bridgehead atoms. The van der Waals surface area contributed by atoms with Crippen LogP contribution in [0.3, 0.4) is 0 Å². The number of carbonyl (C=O) groups is 1. The first-order valence-corrected chi connectivity index (χ1v) is 9.38. The maximum atomic E-state index is 13.1. The number of anilines is 1. The smallest absolute Gasteiger partial charge is 0.224 e. The monoisotopic (exact) mass is 386 g/mol. The van der Waals surface area contributed by atoms with Crippen LogP contribution in [-0.4, -0.2) is 46.8 Å². The zero-order valence-electron chi connectivity index (χ0n) is 14.8. The third-order valence-electron chi connectivity index (χ3n) is 5.00. The van der Waals surface area contributed by atoms with Crippen LogP contribution in [0.5, 0.6) is 0 Å². The highest BCUT2D eigenvalue weighted by atomic mass is 35.5. The van der Waals surface area contributed by atoms with E-state index in [2.05, 4.69) is 10.00 Å². The van der Waals surface area contributed by atoms with Gasteiger partial charge in [-0.05, 0) is 36.4 Å². The van der Waals surface area contributed by atoms with E-state index in [-0.39, 0.29) is 11.7 Å². The van der Waals surface area contributed by atoms with Crippen LogP contribution < -0.4 is 4.90 Å². The van der Waals surface area contributed by atoms with Gasteiger partial charge in [0.1, 0.15) is 5.82 Å². The van der Waals surface area contributed by atoms with Gasteiger partial charge >= 0.3 is 0 Å². The van der Waals surface area contributed by atoms with E-state index in [4.69, 9.17) is 11.6 Å². The number of aryl methyl sites for hydroxylation is 1. The molecule has 1 amide bonds. The third-order valence-corrected chi connectivity index (χ3v) is 5.33. The number of halogens is 2. The minimum absolute atomic E-state index is 0.124. The minimum Gasteiger partial charge on any atom is -0.368 e. The molecule has 0 atom stereocenters. The second-order valence-corrected chi connectivity index (χ2v) is 7.04. The number of benzene rings is 2. The summed E-state index contributed by atoms with van der Waals surface area (Å²) in [6.45, 7) is 3.36. The number of hydrogen-bond acceptors (Lipinski definition) is 3. The highest BCUT2D eigenvalue weighted by Gasteiger charge is 2.21. The summed E-state index contributed by atoms with van der Waals surface area (Å²) < 4.78 is 14.9. The van der Waals surface area contributed by atoms with Crippen molar-refractivity contribution in [2.24, 2.45) is 0 Å². The lowest BCUT2D eigenvalue weighted by Gasteiger charge is -2.36. The third kappa shape index (κ3) is 3.76. The number of hydrogen-bond donors (Lipinski definition) is 0. The van der Waals surface area contributed by atoms with Crippen molar-refractivity contribution in [1.29, 1.82) is 0 Å². The van der Waals surface area contributed by atoms with Crippen molar-refractivity contribution >= 4 is 34.1 Å². The van der Waals surface area contributed by atoms with Gasteiger partial charge in [0.2, 0.25) is 5.91 Å². The number of piperazine rings is 1. The fourth-order valence-corrected chi connectivity index (χ4v) is 3.69. The molecule has 1 aromatic heterocycles. The van der Waals surface area contributed by atoms with Crippen molar-refractivity contribution in [2.75, 3.05) is 31.1 Å². The fourth-order valence-electron chi connectivity index (χ4n) is 3.47. The molecule has 0 aliphatic carbocycles. The van der Waals surface area contributed by atoms with Gasteiger partial charge in [0.15, 0.2) is 0 Å². The molecule has 0 N–H and O–H groups in total. The number of carbonyl (C=O) groups excluding carboxylic acids is 1. The van der Waals surface area contributed by atoms with Gasteiger partial charge in [-0.25, -0.2) is 4.39 Å². The van der Waals surface area contributed by atoms with Gasteiger partial charge in [-0.1, -0.05) is 17.7 Å². The van der Waals surface area contributed by atoms with Crippen LogP contribution in [0.4, 0.5) is 10.1 Å². The average molecular weight is 387 g/mol. The van der Waals surface area contributed by atoms with Crippen LogP contribution in [0.2, 0.25) is 5.02 Å². The molecule has 2 aromatic carbocycles. The van der Waals surface area contributed by atoms with E-state index in [1.807, 2.05) is 27.8 Å². The minimum atomic E-state index is -0.236. The molecule has 0 radical (unpaired) electrons. The summed E-state index contributed by atoms with van der Waals surface area (Å²) in [6, 6.07) is 12.2. The molecule has 0 saturated carbocycles. The van der Waals surface area contributed by atoms with Gasteiger partial charge in [0.05, 0.1) is 23.3 Å². The molecule has 3 aromatic rings. The quantitative estimate of drug-likeness (QED) is 0.688. The first kappa shape index (κ1) is 17.8. The predicted molar refractivity (Wildman–Crippen MR) is 105 cm³/mol. The molecule has 5 nitrogen and oxygen atoms in total. The van der Waals surface area contributed by atoms with Crippen LogP contribution in [0.1, 0.15) is 6.42 Å². The Morgan fingerprint density at radius 2 is 1.81 bits per heavy atom. The normalized spacial score (nSPS) is 14.7. The molecule has 0 unspecified atom stereocenters. The van der Waals surface area contributed by atoms with E-state index in [0.717, 1.165) is 29.7 Å². The van der Waals surface area contributed by atoms with Crippen LogP contribution in [-0.2, 0) is 11.3 Å². The first-order chi connectivity index (χ1) is 13.1. The number of amides is 1. The van der Waals surface area contributed by atoms with Crippen molar-refractivity contribution in [1.82, 2.24) is 14.7 Å². The van der Waals surface area contributed by atoms with E-state index in [9.17, 15) is 9.18 Å². The molecular formula is C20H20ClFN4O. The largest absolute Gasteiger partial charge is 0.368 e. The number of fused-ring (bicyclic) bond motifs is 1. The zero-order valence-corrected chi connectivity index (χ0v) is 15.6. The van der Waals surface area contributed by atoms with Crippen molar-refractivity contribution in [3.8, 4) is 0 Å². The number of aromatic nitrogens is 2.